The van der Waals surface area contributed by atoms with Crippen molar-refractivity contribution in [2.75, 3.05) is 19.6 Å². The number of nitrogens with zero attached hydrogens (tertiary/aromatic N) is 1. The number of fused-ring (bicyclic) bond motifs is 1. The highest BCUT2D eigenvalue weighted by Crippen LogP contribution is 2.40. The van der Waals surface area contributed by atoms with Crippen molar-refractivity contribution >= 4 is 5.91 Å². The van der Waals surface area contributed by atoms with Crippen molar-refractivity contribution in [1.82, 2.24) is 4.90 Å². The number of nitrogens with two attached hydrogens (primary N) is 2. The van der Waals surface area contributed by atoms with Crippen LogP contribution in [0, 0.1) is 17.8 Å². The molecule has 3 unspecified atom stereocenters. The van der Waals surface area contributed by atoms with Crippen LogP contribution in [0.5, 0.6) is 0 Å². The van der Waals surface area contributed by atoms with Gasteiger partial charge in [-0.25, -0.2) is 0 Å². The van der Waals surface area contributed by atoms with Crippen LogP contribution in [0.1, 0.15) is 44.9 Å². The second-order valence-corrected chi connectivity index (χ2v) is 7.01. The van der Waals surface area contributed by atoms with Gasteiger partial charge in [-0.1, -0.05) is 19.3 Å². The average molecular weight is 265 g/mol. The highest BCUT2D eigenvalue weighted by Gasteiger charge is 2.48. The summed E-state index contributed by atoms with van der Waals surface area (Å²) in [7, 11) is 0. The summed E-state index contributed by atoms with van der Waals surface area (Å²) in [6, 6.07) is 0. The van der Waals surface area contributed by atoms with E-state index >= 15 is 0 Å². The van der Waals surface area contributed by atoms with Gasteiger partial charge in [0, 0.05) is 13.1 Å². The summed E-state index contributed by atoms with van der Waals surface area (Å²) in [5, 5.41) is 0. The molecule has 0 bridgehead atoms. The van der Waals surface area contributed by atoms with Gasteiger partial charge in [-0.2, -0.15) is 0 Å². The lowest BCUT2D eigenvalue weighted by atomic mass is 9.75. The second kappa shape index (κ2) is 5.06. The molecule has 0 radical (unpaired) electrons. The van der Waals surface area contributed by atoms with Gasteiger partial charge in [-0.15, -0.1) is 0 Å². The zero-order valence-electron chi connectivity index (χ0n) is 11.8. The number of primary amides is 1. The molecule has 1 saturated heterocycles. The Hall–Kier alpha value is -0.610. The van der Waals surface area contributed by atoms with E-state index in [2.05, 4.69) is 4.90 Å². The molecule has 4 heteroatoms. The molecule has 1 heterocycles. The van der Waals surface area contributed by atoms with Crippen molar-refractivity contribution in [3.8, 4) is 0 Å². The summed E-state index contributed by atoms with van der Waals surface area (Å²) < 4.78 is 0. The van der Waals surface area contributed by atoms with Gasteiger partial charge < -0.3 is 16.4 Å². The molecule has 19 heavy (non-hydrogen) atoms. The van der Waals surface area contributed by atoms with Crippen LogP contribution < -0.4 is 11.5 Å². The van der Waals surface area contributed by atoms with E-state index in [1.54, 1.807) is 0 Å². The summed E-state index contributed by atoms with van der Waals surface area (Å²) in [6.45, 7) is 2.90. The fraction of sp³-hybridized carbons (Fsp3) is 0.933. The van der Waals surface area contributed by atoms with Gasteiger partial charge in [0.15, 0.2) is 0 Å². The highest BCUT2D eigenvalue weighted by molar-refractivity contribution is 5.85. The molecule has 108 valence electrons. The number of likely N-dealkylation sites (tertiary alicyclic amines) is 1. The Bertz CT molecular complexity index is 355. The zero-order valence-corrected chi connectivity index (χ0v) is 11.8. The van der Waals surface area contributed by atoms with Crippen molar-refractivity contribution in [2.45, 2.75) is 50.5 Å². The van der Waals surface area contributed by atoms with E-state index in [0.717, 1.165) is 37.8 Å². The predicted octanol–water partition coefficient (Wildman–Crippen LogP) is 1.09. The summed E-state index contributed by atoms with van der Waals surface area (Å²) in [6.07, 6.45) is 8.97. The average Bonchev–Trinajstić information content (AvgIpc) is 3.23. The Morgan fingerprint density at radius 2 is 1.79 bits per heavy atom. The molecule has 0 spiro atoms. The first kappa shape index (κ1) is 13.4. The highest BCUT2D eigenvalue weighted by atomic mass is 16.1. The smallest absolute Gasteiger partial charge is 0.239 e. The van der Waals surface area contributed by atoms with E-state index < -0.39 is 5.54 Å². The summed E-state index contributed by atoms with van der Waals surface area (Å²) >= 11 is 0. The molecular weight excluding hydrogens is 238 g/mol. The molecule has 3 aliphatic rings. The summed E-state index contributed by atoms with van der Waals surface area (Å²) in [5.41, 5.74) is 11.1. The van der Waals surface area contributed by atoms with Crippen LogP contribution in [0.2, 0.25) is 0 Å². The molecule has 4 N–H and O–H groups in total. The van der Waals surface area contributed by atoms with Crippen molar-refractivity contribution < 1.29 is 4.79 Å². The molecular formula is C15H27N3O. The lowest BCUT2D eigenvalue weighted by Crippen LogP contribution is -2.62. The van der Waals surface area contributed by atoms with Crippen LogP contribution in [-0.4, -0.2) is 36.0 Å². The van der Waals surface area contributed by atoms with Gasteiger partial charge in [-0.05, 0) is 50.0 Å². The molecule has 2 aliphatic carbocycles. The maximum Gasteiger partial charge on any atom is 0.239 e. The van der Waals surface area contributed by atoms with Crippen molar-refractivity contribution in [1.29, 1.82) is 0 Å². The minimum absolute atomic E-state index is 0.305. The van der Waals surface area contributed by atoms with Crippen LogP contribution in [0.4, 0.5) is 0 Å². The van der Waals surface area contributed by atoms with Crippen molar-refractivity contribution in [3.63, 3.8) is 0 Å². The van der Waals surface area contributed by atoms with E-state index in [9.17, 15) is 4.79 Å². The predicted molar refractivity (Wildman–Crippen MR) is 75.3 cm³/mol. The third-order valence-corrected chi connectivity index (χ3v) is 5.63. The molecule has 1 amide bonds. The quantitative estimate of drug-likeness (QED) is 0.799. The maximum absolute atomic E-state index is 11.7. The van der Waals surface area contributed by atoms with Crippen molar-refractivity contribution in [2.24, 2.45) is 29.2 Å². The van der Waals surface area contributed by atoms with E-state index in [1.165, 1.54) is 32.1 Å². The number of carbonyl (C=O) groups excluding carboxylic acids is 1. The molecule has 3 fully saturated rings. The fourth-order valence-electron chi connectivity index (χ4n) is 4.20. The molecule has 0 aromatic rings. The summed E-state index contributed by atoms with van der Waals surface area (Å²) in [5.74, 6) is 1.78. The largest absolute Gasteiger partial charge is 0.368 e. The van der Waals surface area contributed by atoms with Crippen LogP contribution >= 0.6 is 0 Å². The lowest BCUT2D eigenvalue weighted by molar-refractivity contribution is -0.125. The van der Waals surface area contributed by atoms with Crippen LogP contribution in [0.15, 0.2) is 0 Å². The van der Waals surface area contributed by atoms with Crippen LogP contribution in [0.25, 0.3) is 0 Å². The Morgan fingerprint density at radius 3 is 2.42 bits per heavy atom. The SMILES string of the molecule is NC(=O)C(N)(CN1CCC2CCCCC2C1)C1CC1. The number of amides is 1. The monoisotopic (exact) mass is 265 g/mol. The zero-order chi connectivity index (χ0) is 13.5. The molecule has 2 saturated carbocycles. The lowest BCUT2D eigenvalue weighted by Gasteiger charge is -2.43. The van der Waals surface area contributed by atoms with Crippen LogP contribution in [-0.2, 0) is 4.79 Å². The molecule has 0 aromatic heterocycles. The number of carbonyl (C=O) groups is 1. The Kier molecular flexibility index (Phi) is 3.56. The number of piperidine rings is 1. The Morgan fingerprint density at radius 1 is 1.11 bits per heavy atom. The molecule has 3 atom stereocenters. The molecule has 1 aliphatic heterocycles. The summed E-state index contributed by atoms with van der Waals surface area (Å²) in [4.78, 5) is 14.1. The second-order valence-electron chi connectivity index (χ2n) is 7.01. The van der Waals surface area contributed by atoms with Gasteiger partial charge in [-0.3, -0.25) is 4.79 Å². The van der Waals surface area contributed by atoms with Gasteiger partial charge in [0.25, 0.3) is 0 Å². The first-order chi connectivity index (χ1) is 9.09. The molecule has 3 rings (SSSR count). The topological polar surface area (TPSA) is 72.3 Å². The van der Waals surface area contributed by atoms with Crippen LogP contribution in [0.3, 0.4) is 0 Å². The van der Waals surface area contributed by atoms with Gasteiger partial charge in [0.05, 0.1) is 0 Å². The molecule has 0 aromatic carbocycles. The van der Waals surface area contributed by atoms with Crippen molar-refractivity contribution in [3.05, 3.63) is 0 Å². The third-order valence-electron chi connectivity index (χ3n) is 5.63. The number of hydrogen-bond donors (Lipinski definition) is 2. The Labute approximate surface area is 115 Å². The van der Waals surface area contributed by atoms with E-state index in [-0.39, 0.29) is 5.91 Å². The first-order valence-electron chi connectivity index (χ1n) is 7.91. The minimum atomic E-state index is -0.776. The first-order valence-corrected chi connectivity index (χ1v) is 7.91. The number of rotatable bonds is 4. The normalized spacial score (nSPS) is 35.4. The molecule has 4 nitrogen and oxygen atoms in total. The fourth-order valence-corrected chi connectivity index (χ4v) is 4.20. The van der Waals surface area contributed by atoms with E-state index in [1.807, 2.05) is 0 Å². The number of hydrogen-bond acceptors (Lipinski definition) is 3. The van der Waals surface area contributed by atoms with Gasteiger partial charge in [0.1, 0.15) is 5.54 Å². The standard InChI is InChI=1S/C15H27N3O/c16-14(19)15(17,13-5-6-13)10-18-8-7-11-3-1-2-4-12(11)9-18/h11-13H,1-10,17H2,(H2,16,19). The minimum Gasteiger partial charge on any atom is -0.368 e. The third kappa shape index (κ3) is 2.65. The van der Waals surface area contributed by atoms with E-state index in [4.69, 9.17) is 11.5 Å². The van der Waals surface area contributed by atoms with Gasteiger partial charge >= 0.3 is 0 Å². The maximum atomic E-state index is 11.7. The Balaban J connectivity index is 1.62. The van der Waals surface area contributed by atoms with E-state index in [0.29, 0.717) is 12.5 Å². The van der Waals surface area contributed by atoms with Gasteiger partial charge in [0.2, 0.25) is 5.91 Å².